The van der Waals surface area contributed by atoms with Crippen molar-refractivity contribution in [2.45, 2.75) is 76.0 Å². The summed E-state index contributed by atoms with van der Waals surface area (Å²) < 4.78 is 34.1. The molecule has 0 bridgehead atoms. The highest BCUT2D eigenvalue weighted by atomic mass is 19.1. The van der Waals surface area contributed by atoms with E-state index in [1.54, 1.807) is 17.3 Å². The average molecular weight is 606 g/mol. The molecule has 1 amide bonds. The van der Waals surface area contributed by atoms with Gasteiger partial charge in [0.15, 0.2) is 5.82 Å². The number of ether oxygens (including phenoxy) is 1. The minimum atomic E-state index is -0.551. The number of hydrogen-bond donors (Lipinski definition) is 0. The van der Waals surface area contributed by atoms with E-state index in [9.17, 15) is 9.18 Å². The lowest BCUT2D eigenvalue weighted by molar-refractivity contribution is -0.125. The number of carbonyl (C=O) groups is 1. The number of aryl methyl sites for hydroxylation is 1. The molecule has 0 aromatic carbocycles. The number of likely N-dealkylation sites (tertiary alicyclic amines) is 1. The van der Waals surface area contributed by atoms with Crippen LogP contribution in [0.1, 0.15) is 62.5 Å². The summed E-state index contributed by atoms with van der Waals surface area (Å²) in [6, 6.07) is 0.0871. The molecule has 3 aromatic rings. The number of fused-ring (bicyclic) bond motifs is 2. The van der Waals surface area contributed by atoms with Crippen molar-refractivity contribution in [3.05, 3.63) is 48.2 Å². The fourth-order valence-electron chi connectivity index (χ4n) is 7.21. The summed E-state index contributed by atoms with van der Waals surface area (Å²) in [7, 11) is 3.34. The lowest BCUT2D eigenvalue weighted by Gasteiger charge is -2.27. The molecule has 7 rings (SSSR count). The van der Waals surface area contributed by atoms with E-state index in [0.29, 0.717) is 42.3 Å². The van der Waals surface area contributed by atoms with Gasteiger partial charge in [-0.1, -0.05) is 6.58 Å². The number of anilines is 1. The van der Waals surface area contributed by atoms with E-state index in [1.165, 1.54) is 26.0 Å². The highest BCUT2D eigenvalue weighted by Gasteiger charge is 2.44. The molecule has 1 aliphatic carbocycles. The maximum atomic E-state index is 16.0. The topological polar surface area (TPSA) is 87.6 Å². The minimum Gasteiger partial charge on any atom is -0.467 e. The zero-order valence-corrected chi connectivity index (χ0v) is 26.0. The first-order valence-electron chi connectivity index (χ1n) is 15.5. The molecule has 44 heavy (non-hydrogen) atoms. The SMILES string of the molecule is C=CC(=O)N1CCC(N(C)c2nc(OC)nc3c(F)c(-c4cncc(C)c4C4CC4)ncc23)C1.CC12CCCN1CC(F)C2. The predicted octanol–water partition coefficient (Wildman–Crippen LogP) is 5.23. The Bertz CT molecular complexity index is 1580. The van der Waals surface area contributed by atoms with Crippen molar-refractivity contribution in [1.29, 1.82) is 0 Å². The molecule has 3 aliphatic heterocycles. The van der Waals surface area contributed by atoms with Gasteiger partial charge in [0.1, 0.15) is 23.2 Å². The lowest BCUT2D eigenvalue weighted by Crippen LogP contribution is -2.36. The number of hydrogen-bond acceptors (Lipinski definition) is 8. The largest absolute Gasteiger partial charge is 0.467 e. The van der Waals surface area contributed by atoms with Crippen LogP contribution in [0.25, 0.3) is 22.2 Å². The Morgan fingerprint density at radius 3 is 2.68 bits per heavy atom. The molecule has 234 valence electrons. The number of amides is 1. The van der Waals surface area contributed by atoms with Gasteiger partial charge >= 0.3 is 6.01 Å². The van der Waals surface area contributed by atoms with Gasteiger partial charge in [-0.05, 0) is 82.0 Å². The summed E-state index contributed by atoms with van der Waals surface area (Å²) >= 11 is 0. The zero-order valence-electron chi connectivity index (χ0n) is 26.0. The van der Waals surface area contributed by atoms with Crippen LogP contribution in [0.15, 0.2) is 31.2 Å². The molecule has 0 N–H and O–H groups in total. The quantitative estimate of drug-likeness (QED) is 0.354. The Morgan fingerprint density at radius 2 is 1.98 bits per heavy atom. The van der Waals surface area contributed by atoms with E-state index >= 15 is 4.39 Å². The summed E-state index contributed by atoms with van der Waals surface area (Å²) in [6.07, 6.45) is 12.1. The van der Waals surface area contributed by atoms with Crippen LogP contribution in [0.3, 0.4) is 0 Å². The van der Waals surface area contributed by atoms with Crippen molar-refractivity contribution in [1.82, 2.24) is 29.7 Å². The van der Waals surface area contributed by atoms with Crippen molar-refractivity contribution >= 4 is 22.6 Å². The van der Waals surface area contributed by atoms with Crippen LogP contribution < -0.4 is 9.64 Å². The summed E-state index contributed by atoms with van der Waals surface area (Å²) in [4.78, 5) is 35.7. The number of nitrogens with zero attached hydrogens (tertiary/aromatic N) is 7. The van der Waals surface area contributed by atoms with Crippen molar-refractivity contribution in [3.63, 3.8) is 0 Å². The molecule has 6 heterocycles. The summed E-state index contributed by atoms with van der Waals surface area (Å²) in [5.41, 5.74) is 3.49. The van der Waals surface area contributed by atoms with Crippen LogP contribution in [-0.4, -0.2) is 93.7 Å². The number of aromatic nitrogens is 4. The molecule has 9 nitrogen and oxygen atoms in total. The molecular formula is C33H41F2N7O2. The van der Waals surface area contributed by atoms with Gasteiger partial charge in [0.05, 0.1) is 12.5 Å². The monoisotopic (exact) mass is 605 g/mol. The lowest BCUT2D eigenvalue weighted by atomic mass is 9.97. The zero-order chi connectivity index (χ0) is 31.2. The van der Waals surface area contributed by atoms with Gasteiger partial charge in [0, 0.05) is 62.4 Å². The van der Waals surface area contributed by atoms with Crippen LogP contribution in [-0.2, 0) is 4.79 Å². The fourth-order valence-corrected chi connectivity index (χ4v) is 7.21. The molecule has 3 saturated heterocycles. The summed E-state index contributed by atoms with van der Waals surface area (Å²) in [6.45, 7) is 10.7. The third-order valence-corrected chi connectivity index (χ3v) is 9.77. The van der Waals surface area contributed by atoms with Crippen molar-refractivity contribution in [2.24, 2.45) is 0 Å². The fraction of sp³-hybridized carbons (Fsp3) is 0.545. The Hall–Kier alpha value is -3.73. The number of methoxy groups -OCH3 is 1. The van der Waals surface area contributed by atoms with Gasteiger partial charge < -0.3 is 14.5 Å². The molecule has 3 aromatic heterocycles. The van der Waals surface area contributed by atoms with Crippen LogP contribution in [0.5, 0.6) is 6.01 Å². The third kappa shape index (κ3) is 5.62. The molecule has 4 fully saturated rings. The van der Waals surface area contributed by atoms with Gasteiger partial charge in [0.2, 0.25) is 5.91 Å². The number of carbonyl (C=O) groups excluding carboxylic acids is 1. The second-order valence-corrected chi connectivity index (χ2v) is 12.8. The average Bonchev–Trinajstić information content (AvgIpc) is 3.49. The number of halogens is 2. The number of pyridine rings is 2. The van der Waals surface area contributed by atoms with E-state index in [-0.39, 0.29) is 34.7 Å². The third-order valence-electron chi connectivity index (χ3n) is 9.77. The molecule has 4 aliphatic rings. The number of alkyl halides is 1. The highest BCUT2D eigenvalue weighted by Crippen LogP contribution is 2.46. The van der Waals surface area contributed by atoms with E-state index in [0.717, 1.165) is 43.4 Å². The second-order valence-electron chi connectivity index (χ2n) is 12.8. The van der Waals surface area contributed by atoms with Crippen LogP contribution >= 0.6 is 0 Å². The van der Waals surface area contributed by atoms with E-state index in [2.05, 4.69) is 38.3 Å². The molecule has 11 heteroatoms. The van der Waals surface area contributed by atoms with E-state index < -0.39 is 12.0 Å². The van der Waals surface area contributed by atoms with Crippen LogP contribution in [0, 0.1) is 12.7 Å². The number of likely N-dealkylation sites (N-methyl/N-ethyl adjacent to an activating group) is 1. The van der Waals surface area contributed by atoms with Gasteiger partial charge in [-0.2, -0.15) is 9.97 Å². The van der Waals surface area contributed by atoms with Crippen LogP contribution in [0.4, 0.5) is 14.6 Å². The Kier molecular flexibility index (Phi) is 8.26. The first-order chi connectivity index (χ1) is 21.1. The Labute approximate surface area is 257 Å². The first-order valence-corrected chi connectivity index (χ1v) is 15.5. The molecule has 3 atom stereocenters. The van der Waals surface area contributed by atoms with Crippen molar-refractivity contribution in [3.8, 4) is 17.3 Å². The predicted molar refractivity (Wildman–Crippen MR) is 166 cm³/mol. The standard InChI is InChI=1S/C25H27FN6O2.C8H14FN/c1-5-19(33)32-9-8-16(13-32)31(3)24-18-12-28-22(21(26)23(18)29-25(30-24)34-4)17-11-27-10-14(2)20(17)15-6-7-15;1-8-3-2-4-10(8)6-7(9)5-8/h5,10-12,15-16H,1,6-9,13H2,2-4H3;7H,2-6H2,1H3. The molecule has 0 radical (unpaired) electrons. The van der Waals surface area contributed by atoms with E-state index in [1.807, 2.05) is 25.1 Å². The first kappa shape index (κ1) is 30.3. The Balaban J connectivity index is 0.000000289. The van der Waals surface area contributed by atoms with Gasteiger partial charge in [-0.3, -0.25) is 19.7 Å². The summed E-state index contributed by atoms with van der Waals surface area (Å²) in [5.74, 6) is 0.316. The van der Waals surface area contributed by atoms with Crippen molar-refractivity contribution < 1.29 is 18.3 Å². The van der Waals surface area contributed by atoms with Crippen molar-refractivity contribution in [2.75, 3.05) is 45.2 Å². The molecule has 1 saturated carbocycles. The van der Waals surface area contributed by atoms with Gasteiger partial charge in [-0.15, -0.1) is 0 Å². The van der Waals surface area contributed by atoms with Gasteiger partial charge in [0.25, 0.3) is 0 Å². The molecule has 3 unspecified atom stereocenters. The maximum absolute atomic E-state index is 16.0. The maximum Gasteiger partial charge on any atom is 0.318 e. The minimum absolute atomic E-state index is 0.0110. The Morgan fingerprint density at radius 1 is 1.18 bits per heavy atom. The van der Waals surface area contributed by atoms with Crippen LogP contribution in [0.2, 0.25) is 0 Å². The molecular weight excluding hydrogens is 564 g/mol. The van der Waals surface area contributed by atoms with E-state index in [4.69, 9.17) is 4.74 Å². The smallest absolute Gasteiger partial charge is 0.318 e. The number of rotatable bonds is 6. The normalized spacial score (nSPS) is 24.6. The van der Waals surface area contributed by atoms with Gasteiger partial charge in [-0.25, -0.2) is 8.78 Å². The highest BCUT2D eigenvalue weighted by molar-refractivity contribution is 5.92. The molecule has 0 spiro atoms. The second kappa shape index (κ2) is 12.0. The summed E-state index contributed by atoms with van der Waals surface area (Å²) in [5, 5.41) is 0.492.